The number of nitrogens with one attached hydrogen (secondary N) is 1. The Balaban J connectivity index is 2.80. The van der Waals surface area contributed by atoms with E-state index in [1.807, 2.05) is 13.8 Å². The summed E-state index contributed by atoms with van der Waals surface area (Å²) >= 11 is 4.83. The zero-order chi connectivity index (χ0) is 13.7. The van der Waals surface area contributed by atoms with Crippen molar-refractivity contribution in [3.05, 3.63) is 29.3 Å². The van der Waals surface area contributed by atoms with Crippen LogP contribution in [0.5, 0.6) is 5.75 Å². The van der Waals surface area contributed by atoms with E-state index in [-0.39, 0.29) is 23.3 Å². The van der Waals surface area contributed by atoms with Crippen molar-refractivity contribution in [3.63, 3.8) is 0 Å². The second kappa shape index (κ2) is 6.35. The average Bonchev–Trinajstić information content (AvgIpc) is 2.30. The molecule has 0 aliphatic rings. The van der Waals surface area contributed by atoms with Gasteiger partial charge >= 0.3 is 0 Å². The summed E-state index contributed by atoms with van der Waals surface area (Å²) in [6.07, 6.45) is 1.19. The minimum atomic E-state index is -0.306. The predicted molar refractivity (Wildman–Crippen MR) is 75.8 cm³/mol. The lowest BCUT2D eigenvalue weighted by Gasteiger charge is -2.16. The Bertz CT molecular complexity index is 460. The van der Waals surface area contributed by atoms with E-state index in [4.69, 9.17) is 18.0 Å². The Morgan fingerprint density at radius 2 is 2.22 bits per heavy atom. The van der Waals surface area contributed by atoms with Crippen LogP contribution in [0.15, 0.2) is 18.2 Å². The van der Waals surface area contributed by atoms with Gasteiger partial charge in [-0.05, 0) is 25.5 Å². The monoisotopic (exact) mass is 266 g/mol. The van der Waals surface area contributed by atoms with Gasteiger partial charge in [-0.15, -0.1) is 0 Å². The van der Waals surface area contributed by atoms with E-state index in [9.17, 15) is 9.90 Å². The molecule has 1 aromatic rings. The van der Waals surface area contributed by atoms with Gasteiger partial charge in [-0.3, -0.25) is 4.79 Å². The molecular weight excluding hydrogens is 248 g/mol. The number of carbonyl (C=O) groups excluding carboxylic acids is 1. The van der Waals surface area contributed by atoms with Gasteiger partial charge in [-0.1, -0.05) is 30.8 Å². The van der Waals surface area contributed by atoms with E-state index in [0.29, 0.717) is 11.4 Å². The number of hydrogen-bond acceptors (Lipinski definition) is 3. The van der Waals surface area contributed by atoms with E-state index in [1.54, 1.807) is 12.1 Å². The molecule has 0 aliphatic carbocycles. The van der Waals surface area contributed by atoms with E-state index < -0.39 is 0 Å². The summed E-state index contributed by atoms with van der Waals surface area (Å²) in [6.45, 7) is 3.81. The lowest BCUT2D eigenvalue weighted by Crippen LogP contribution is -2.37. The molecule has 0 radical (unpaired) electrons. The van der Waals surface area contributed by atoms with Crippen LogP contribution in [0.2, 0.25) is 0 Å². The van der Waals surface area contributed by atoms with Crippen LogP contribution in [0, 0.1) is 6.92 Å². The molecule has 1 atom stereocenters. The number of hydrogen-bond donors (Lipinski definition) is 3. The third kappa shape index (κ3) is 4.00. The molecule has 0 saturated heterocycles. The first kappa shape index (κ1) is 14.4. The summed E-state index contributed by atoms with van der Waals surface area (Å²) in [6, 6.07) is 4.81. The molecule has 0 saturated carbocycles. The van der Waals surface area contributed by atoms with Gasteiger partial charge < -0.3 is 16.2 Å². The molecule has 18 heavy (non-hydrogen) atoms. The maximum atomic E-state index is 12.0. The van der Waals surface area contributed by atoms with Crippen molar-refractivity contribution < 1.29 is 9.90 Å². The summed E-state index contributed by atoms with van der Waals surface area (Å²) < 4.78 is 0. The number of rotatable bonds is 5. The number of benzene rings is 1. The van der Waals surface area contributed by atoms with Crippen LogP contribution in [0.3, 0.4) is 0 Å². The topological polar surface area (TPSA) is 75.3 Å². The van der Waals surface area contributed by atoms with Gasteiger partial charge in [0.2, 0.25) is 0 Å². The first-order valence-corrected chi connectivity index (χ1v) is 6.23. The van der Waals surface area contributed by atoms with Crippen LogP contribution in [0.25, 0.3) is 0 Å². The Labute approximate surface area is 112 Å². The van der Waals surface area contributed by atoms with Crippen molar-refractivity contribution in [2.45, 2.75) is 32.7 Å². The number of nitrogens with two attached hydrogens (primary N) is 1. The molecule has 0 aliphatic heterocycles. The van der Waals surface area contributed by atoms with Crippen molar-refractivity contribution in [1.29, 1.82) is 0 Å². The fraction of sp³-hybridized carbons (Fsp3) is 0.385. The van der Waals surface area contributed by atoms with Crippen molar-refractivity contribution in [2.75, 3.05) is 0 Å². The second-order valence-electron chi connectivity index (χ2n) is 4.27. The van der Waals surface area contributed by atoms with Gasteiger partial charge in [-0.25, -0.2) is 0 Å². The molecule has 5 heteroatoms. The lowest BCUT2D eigenvalue weighted by atomic mass is 10.1. The van der Waals surface area contributed by atoms with Crippen LogP contribution in [-0.2, 0) is 0 Å². The van der Waals surface area contributed by atoms with Crippen molar-refractivity contribution in [1.82, 2.24) is 5.32 Å². The standard InChI is InChI=1S/C13H18N2O2S/c1-3-9(7-12(14)18)15-13(17)10-6-8(2)4-5-11(10)16/h4-6,9,16H,3,7H2,1-2H3,(H2,14,18)(H,15,17). The Morgan fingerprint density at radius 1 is 1.56 bits per heavy atom. The van der Waals surface area contributed by atoms with Gasteiger partial charge in [0.1, 0.15) is 5.75 Å². The molecule has 0 spiro atoms. The molecule has 1 aromatic carbocycles. The van der Waals surface area contributed by atoms with E-state index >= 15 is 0 Å². The molecule has 1 amide bonds. The van der Waals surface area contributed by atoms with E-state index in [2.05, 4.69) is 5.32 Å². The fourth-order valence-electron chi connectivity index (χ4n) is 1.64. The van der Waals surface area contributed by atoms with E-state index in [0.717, 1.165) is 12.0 Å². The number of amides is 1. The summed E-state index contributed by atoms with van der Waals surface area (Å²) in [5, 5.41) is 12.5. The highest BCUT2D eigenvalue weighted by Crippen LogP contribution is 2.18. The van der Waals surface area contributed by atoms with Crippen molar-refractivity contribution in [3.8, 4) is 5.75 Å². The first-order valence-electron chi connectivity index (χ1n) is 5.82. The first-order chi connectivity index (χ1) is 8.43. The Kier molecular flexibility index (Phi) is 5.09. The third-order valence-electron chi connectivity index (χ3n) is 2.67. The molecule has 0 fully saturated rings. The number of phenols is 1. The maximum Gasteiger partial charge on any atom is 0.255 e. The summed E-state index contributed by atoms with van der Waals surface area (Å²) in [5.74, 6) is -0.331. The van der Waals surface area contributed by atoms with E-state index in [1.165, 1.54) is 6.07 Å². The van der Waals surface area contributed by atoms with Gasteiger partial charge in [0, 0.05) is 12.5 Å². The molecular formula is C13H18N2O2S. The van der Waals surface area contributed by atoms with Crippen molar-refractivity contribution in [2.24, 2.45) is 5.73 Å². The SMILES string of the molecule is CCC(CC(N)=S)NC(=O)c1cc(C)ccc1O. The molecule has 4 N–H and O–H groups in total. The van der Waals surface area contributed by atoms with Crippen LogP contribution in [-0.4, -0.2) is 22.0 Å². The minimum absolute atomic E-state index is 0.0247. The highest BCUT2D eigenvalue weighted by atomic mass is 32.1. The minimum Gasteiger partial charge on any atom is -0.507 e. The van der Waals surface area contributed by atoms with Crippen LogP contribution in [0.4, 0.5) is 0 Å². The normalized spacial score (nSPS) is 11.9. The number of thiocarbonyl (C=S) groups is 1. The molecule has 0 bridgehead atoms. The second-order valence-corrected chi connectivity index (χ2v) is 4.79. The lowest BCUT2D eigenvalue weighted by molar-refractivity contribution is 0.0934. The average molecular weight is 266 g/mol. The molecule has 1 rings (SSSR count). The quantitative estimate of drug-likeness (QED) is 0.711. The summed E-state index contributed by atoms with van der Waals surface area (Å²) in [7, 11) is 0. The molecule has 4 nitrogen and oxygen atoms in total. The zero-order valence-electron chi connectivity index (χ0n) is 10.6. The van der Waals surface area contributed by atoms with Crippen LogP contribution >= 0.6 is 12.2 Å². The predicted octanol–water partition coefficient (Wildman–Crippen LogP) is 1.89. The largest absolute Gasteiger partial charge is 0.507 e. The van der Waals surface area contributed by atoms with Gasteiger partial charge in [0.05, 0.1) is 10.6 Å². The summed E-state index contributed by atoms with van der Waals surface area (Å²) in [4.78, 5) is 12.4. The third-order valence-corrected chi connectivity index (χ3v) is 2.84. The highest BCUT2D eigenvalue weighted by Gasteiger charge is 2.16. The highest BCUT2D eigenvalue weighted by molar-refractivity contribution is 7.80. The number of aromatic hydroxyl groups is 1. The van der Waals surface area contributed by atoms with Crippen molar-refractivity contribution >= 4 is 23.1 Å². The number of aryl methyl sites for hydroxylation is 1. The fourth-order valence-corrected chi connectivity index (χ4v) is 1.84. The molecule has 98 valence electrons. The molecule has 0 heterocycles. The van der Waals surface area contributed by atoms with Gasteiger partial charge in [0.25, 0.3) is 5.91 Å². The van der Waals surface area contributed by atoms with Crippen LogP contribution < -0.4 is 11.1 Å². The Hall–Kier alpha value is -1.62. The molecule has 0 aromatic heterocycles. The molecule has 1 unspecified atom stereocenters. The smallest absolute Gasteiger partial charge is 0.255 e. The number of phenolic OH excluding ortho intramolecular Hbond substituents is 1. The van der Waals surface area contributed by atoms with Crippen LogP contribution in [0.1, 0.15) is 35.7 Å². The van der Waals surface area contributed by atoms with Gasteiger partial charge in [0.15, 0.2) is 0 Å². The maximum absolute atomic E-state index is 12.0. The Morgan fingerprint density at radius 3 is 2.78 bits per heavy atom. The summed E-state index contributed by atoms with van der Waals surface area (Å²) in [5.41, 5.74) is 6.66. The zero-order valence-corrected chi connectivity index (χ0v) is 11.4. The van der Waals surface area contributed by atoms with Gasteiger partial charge in [-0.2, -0.15) is 0 Å². The number of carbonyl (C=O) groups is 1.